The lowest BCUT2D eigenvalue weighted by molar-refractivity contribution is 0.104. The zero-order chi connectivity index (χ0) is 15.1. The number of anilines is 1. The molecule has 0 spiro atoms. The van der Waals surface area contributed by atoms with Gasteiger partial charge in [0.15, 0.2) is 0 Å². The van der Waals surface area contributed by atoms with Crippen LogP contribution in [-0.2, 0) is 4.74 Å². The first-order valence-corrected chi connectivity index (χ1v) is 7.20. The zero-order valence-corrected chi connectivity index (χ0v) is 12.7. The highest BCUT2D eigenvalue weighted by Crippen LogP contribution is 2.11. The highest BCUT2D eigenvalue weighted by Gasteiger charge is 2.05. The molecular formula is C14H16N4O2S. The number of hydrogen-bond donors (Lipinski definition) is 0. The van der Waals surface area contributed by atoms with E-state index in [-0.39, 0.29) is 5.78 Å². The van der Waals surface area contributed by atoms with Gasteiger partial charge in [-0.3, -0.25) is 4.79 Å². The summed E-state index contributed by atoms with van der Waals surface area (Å²) in [5.74, 6) is 0.698. The van der Waals surface area contributed by atoms with Crippen LogP contribution in [0.15, 0.2) is 29.8 Å². The summed E-state index contributed by atoms with van der Waals surface area (Å²) in [6.45, 7) is 1.42. The molecule has 0 bridgehead atoms. The number of ketones is 1. The highest BCUT2D eigenvalue weighted by molar-refractivity contribution is 7.03. The van der Waals surface area contributed by atoms with E-state index in [1.807, 2.05) is 24.1 Å². The van der Waals surface area contributed by atoms with Crippen LogP contribution >= 0.6 is 11.5 Å². The van der Waals surface area contributed by atoms with Crippen LogP contribution in [0.1, 0.15) is 16.1 Å². The fraction of sp³-hybridized carbons (Fsp3) is 0.286. The summed E-state index contributed by atoms with van der Waals surface area (Å²) in [5, 5.41) is 5.35. The number of pyridine rings is 1. The Morgan fingerprint density at radius 1 is 1.48 bits per heavy atom. The molecule has 6 nitrogen and oxygen atoms in total. The lowest BCUT2D eigenvalue weighted by Crippen LogP contribution is -2.22. The minimum Gasteiger partial charge on any atom is -0.383 e. The van der Waals surface area contributed by atoms with Crippen LogP contribution in [-0.4, -0.2) is 47.7 Å². The molecule has 0 aliphatic rings. The van der Waals surface area contributed by atoms with Gasteiger partial charge in [-0.2, -0.15) is 0 Å². The number of nitrogens with zero attached hydrogens (tertiary/aromatic N) is 4. The quantitative estimate of drug-likeness (QED) is 0.575. The second kappa shape index (κ2) is 7.61. The molecule has 0 saturated carbocycles. The predicted octanol–water partition coefficient (Wildman–Crippen LogP) is 1.91. The van der Waals surface area contributed by atoms with Crippen LogP contribution < -0.4 is 4.90 Å². The Morgan fingerprint density at radius 2 is 2.33 bits per heavy atom. The molecule has 2 aromatic heterocycles. The van der Waals surface area contributed by atoms with E-state index in [1.54, 1.807) is 24.8 Å². The van der Waals surface area contributed by atoms with E-state index in [4.69, 9.17) is 4.74 Å². The number of likely N-dealkylation sites (N-methyl/N-ethyl adjacent to an activating group) is 1. The van der Waals surface area contributed by atoms with Crippen molar-refractivity contribution in [1.29, 1.82) is 0 Å². The number of allylic oxidation sites excluding steroid dienone is 1. The number of aromatic nitrogens is 3. The first-order valence-electron chi connectivity index (χ1n) is 6.36. The maximum absolute atomic E-state index is 11.7. The van der Waals surface area contributed by atoms with Crippen LogP contribution in [0.3, 0.4) is 0 Å². The Kier molecular flexibility index (Phi) is 5.53. The summed E-state index contributed by atoms with van der Waals surface area (Å²) >= 11 is 1.16. The smallest absolute Gasteiger partial charge is 0.207 e. The largest absolute Gasteiger partial charge is 0.383 e. The molecule has 0 aliphatic carbocycles. The van der Waals surface area contributed by atoms with Gasteiger partial charge in [0.2, 0.25) is 5.78 Å². The molecule has 0 aromatic carbocycles. The van der Waals surface area contributed by atoms with Gasteiger partial charge in [0.05, 0.1) is 6.61 Å². The van der Waals surface area contributed by atoms with Gasteiger partial charge in [0.25, 0.3) is 0 Å². The molecule has 0 atom stereocenters. The van der Waals surface area contributed by atoms with Crippen molar-refractivity contribution in [3.05, 3.63) is 41.0 Å². The molecule has 0 saturated heterocycles. The van der Waals surface area contributed by atoms with Gasteiger partial charge in [-0.15, -0.1) is 5.10 Å². The van der Waals surface area contributed by atoms with Gasteiger partial charge < -0.3 is 9.64 Å². The van der Waals surface area contributed by atoms with Gasteiger partial charge in [-0.05, 0) is 41.4 Å². The maximum atomic E-state index is 11.7. The van der Waals surface area contributed by atoms with Crippen molar-refractivity contribution in [2.45, 2.75) is 0 Å². The van der Waals surface area contributed by atoms with E-state index in [0.29, 0.717) is 12.3 Å². The Labute approximate surface area is 127 Å². The fourth-order valence-electron chi connectivity index (χ4n) is 1.59. The lowest BCUT2D eigenvalue weighted by atomic mass is 10.2. The van der Waals surface area contributed by atoms with Crippen LogP contribution in [0.4, 0.5) is 5.82 Å². The minimum absolute atomic E-state index is 0.162. The second-order valence-electron chi connectivity index (χ2n) is 4.35. The predicted molar refractivity (Wildman–Crippen MR) is 82.7 cm³/mol. The van der Waals surface area contributed by atoms with Gasteiger partial charge in [-0.1, -0.05) is 4.49 Å². The summed E-state index contributed by atoms with van der Waals surface area (Å²) in [7, 11) is 3.62. The van der Waals surface area contributed by atoms with Gasteiger partial charge >= 0.3 is 0 Å². The second-order valence-corrected chi connectivity index (χ2v) is 4.96. The zero-order valence-electron chi connectivity index (χ0n) is 11.9. The summed E-state index contributed by atoms with van der Waals surface area (Å²) in [5.41, 5.74) is 1.22. The molecule has 0 fully saturated rings. The molecule has 21 heavy (non-hydrogen) atoms. The summed E-state index contributed by atoms with van der Waals surface area (Å²) in [6.07, 6.45) is 4.91. The number of rotatable bonds is 7. The number of ether oxygens (including phenoxy) is 1. The average Bonchev–Trinajstić information content (AvgIpc) is 3.05. The number of carbonyl (C=O) groups excluding carboxylic acids is 1. The standard InChI is InChI=1S/C14H16N4O2S/c1-18(7-8-20-2)14-6-4-11(9-15-14)3-5-13(19)12-10-21-17-16-12/h3-6,9-10H,7-8H2,1-2H3. The maximum Gasteiger partial charge on any atom is 0.207 e. The van der Waals surface area contributed by atoms with Crippen molar-refractivity contribution in [2.24, 2.45) is 0 Å². The summed E-state index contributed by atoms with van der Waals surface area (Å²) in [6, 6.07) is 3.82. The van der Waals surface area contributed by atoms with E-state index in [0.717, 1.165) is 29.5 Å². The molecule has 0 radical (unpaired) electrons. The van der Waals surface area contributed by atoms with Crippen LogP contribution in [0.2, 0.25) is 0 Å². The lowest BCUT2D eigenvalue weighted by Gasteiger charge is -2.17. The third kappa shape index (κ3) is 4.44. The van der Waals surface area contributed by atoms with Gasteiger partial charge in [-0.25, -0.2) is 4.98 Å². The highest BCUT2D eigenvalue weighted by atomic mass is 32.1. The van der Waals surface area contributed by atoms with Crippen molar-refractivity contribution < 1.29 is 9.53 Å². The van der Waals surface area contributed by atoms with Crippen molar-refractivity contribution in [3.8, 4) is 0 Å². The first kappa shape index (κ1) is 15.3. The molecule has 0 N–H and O–H groups in total. The topological polar surface area (TPSA) is 68.2 Å². The molecule has 0 aliphatic heterocycles. The van der Waals surface area contributed by atoms with Crippen LogP contribution in [0.5, 0.6) is 0 Å². The average molecular weight is 304 g/mol. The molecule has 2 rings (SSSR count). The molecule has 0 amide bonds. The fourth-order valence-corrected chi connectivity index (χ4v) is 2.04. The third-order valence-corrected chi connectivity index (χ3v) is 3.34. The Hall–Kier alpha value is -2.12. The van der Waals surface area contributed by atoms with Gasteiger partial charge in [0, 0.05) is 32.3 Å². The van der Waals surface area contributed by atoms with Crippen LogP contribution in [0, 0.1) is 0 Å². The monoisotopic (exact) mass is 304 g/mol. The van der Waals surface area contributed by atoms with Crippen molar-refractivity contribution in [1.82, 2.24) is 14.6 Å². The molecule has 2 aromatic rings. The van der Waals surface area contributed by atoms with Crippen molar-refractivity contribution in [2.75, 3.05) is 32.2 Å². The van der Waals surface area contributed by atoms with E-state index >= 15 is 0 Å². The molecule has 7 heteroatoms. The Morgan fingerprint density at radius 3 is 2.95 bits per heavy atom. The third-order valence-electron chi connectivity index (χ3n) is 2.83. The van der Waals surface area contributed by atoms with Crippen LogP contribution in [0.25, 0.3) is 6.08 Å². The minimum atomic E-state index is -0.162. The van der Waals surface area contributed by atoms with Crippen molar-refractivity contribution >= 4 is 29.2 Å². The normalized spacial score (nSPS) is 11.0. The molecule has 0 unspecified atom stereocenters. The summed E-state index contributed by atoms with van der Waals surface area (Å²) < 4.78 is 8.69. The van der Waals surface area contributed by atoms with E-state index in [2.05, 4.69) is 14.6 Å². The molecule has 2 heterocycles. The SMILES string of the molecule is COCCN(C)c1ccc(C=CC(=O)c2csnn2)cn1. The van der Waals surface area contributed by atoms with Crippen molar-refractivity contribution in [3.63, 3.8) is 0 Å². The number of hydrogen-bond acceptors (Lipinski definition) is 7. The number of carbonyl (C=O) groups is 1. The van der Waals surface area contributed by atoms with E-state index < -0.39 is 0 Å². The molecular weight excluding hydrogens is 288 g/mol. The van der Waals surface area contributed by atoms with Gasteiger partial charge in [0.1, 0.15) is 11.5 Å². The molecule has 110 valence electrons. The Balaban J connectivity index is 1.97. The Bertz CT molecular complexity index is 596. The van der Waals surface area contributed by atoms with E-state index in [1.165, 1.54) is 6.08 Å². The first-order chi connectivity index (χ1) is 10.2. The number of methoxy groups -OCH3 is 1. The van der Waals surface area contributed by atoms with E-state index in [9.17, 15) is 4.79 Å². The summed E-state index contributed by atoms with van der Waals surface area (Å²) in [4.78, 5) is 18.1.